The summed E-state index contributed by atoms with van der Waals surface area (Å²) >= 11 is 0. The summed E-state index contributed by atoms with van der Waals surface area (Å²) in [5, 5.41) is 8.86. The number of carboxylic acids is 1. The number of aromatic nitrogens is 2. The molecule has 0 aliphatic carbocycles. The molecule has 0 amide bonds. The van der Waals surface area contributed by atoms with E-state index in [4.69, 9.17) is 5.11 Å². The number of fused-ring (bicyclic) bond motifs is 1. The number of imidazole rings is 1. The van der Waals surface area contributed by atoms with E-state index in [-0.39, 0.29) is 12.0 Å². The minimum absolute atomic E-state index is 0.0920. The first-order chi connectivity index (χ1) is 9.36. The fraction of sp³-hybridized carbons (Fsp3) is 0.467. The maximum atomic E-state index is 10.8. The Morgan fingerprint density at radius 2 is 2.15 bits per heavy atom. The highest BCUT2D eigenvalue weighted by molar-refractivity contribution is 5.66. The average Bonchev–Trinajstić information content (AvgIpc) is 2.75. The summed E-state index contributed by atoms with van der Waals surface area (Å²) in [5.41, 5.74) is 1.77. The molecule has 0 bridgehead atoms. The van der Waals surface area contributed by atoms with E-state index in [1.807, 2.05) is 35.0 Å². The minimum Gasteiger partial charge on any atom is -0.481 e. The molecular weight excluding hydrogens is 254 g/mol. The summed E-state index contributed by atoms with van der Waals surface area (Å²) < 4.78 is 1.98. The first-order valence-corrected chi connectivity index (χ1v) is 6.76. The Morgan fingerprint density at radius 1 is 1.40 bits per heavy atom. The van der Waals surface area contributed by atoms with Gasteiger partial charge in [0.05, 0.1) is 12.1 Å². The second-order valence-corrected chi connectivity index (χ2v) is 5.93. The van der Waals surface area contributed by atoms with Crippen molar-refractivity contribution >= 4 is 11.6 Å². The van der Waals surface area contributed by atoms with Crippen LogP contribution in [0.25, 0.3) is 5.65 Å². The first kappa shape index (κ1) is 14.5. The Bertz CT molecular complexity index is 565. The molecule has 108 valence electrons. The Hall–Kier alpha value is -1.88. The Balaban J connectivity index is 2.16. The molecule has 0 spiro atoms. The summed E-state index contributed by atoms with van der Waals surface area (Å²) in [4.78, 5) is 17.5. The molecule has 5 nitrogen and oxygen atoms in total. The quantitative estimate of drug-likeness (QED) is 0.910. The van der Waals surface area contributed by atoms with Crippen molar-refractivity contribution in [1.29, 1.82) is 0 Å². The molecule has 5 heteroatoms. The van der Waals surface area contributed by atoms with Crippen LogP contribution < -0.4 is 0 Å². The third-order valence-electron chi connectivity index (χ3n) is 3.31. The van der Waals surface area contributed by atoms with Crippen molar-refractivity contribution in [3.8, 4) is 0 Å². The predicted octanol–water partition coefficient (Wildman–Crippen LogP) is 2.41. The summed E-state index contributed by atoms with van der Waals surface area (Å²) in [6.45, 7) is 7.44. The van der Waals surface area contributed by atoms with Gasteiger partial charge in [0.15, 0.2) is 0 Å². The SMILES string of the molecule is CC(C)(C)N(CCC(=O)O)Cc1cn2ccccc2n1. The normalized spacial score (nSPS) is 12.2. The van der Waals surface area contributed by atoms with Gasteiger partial charge in [-0.3, -0.25) is 9.69 Å². The van der Waals surface area contributed by atoms with Crippen molar-refractivity contribution in [1.82, 2.24) is 14.3 Å². The molecule has 0 aliphatic rings. The number of aliphatic carboxylic acids is 1. The number of hydrogen-bond donors (Lipinski definition) is 1. The van der Waals surface area contributed by atoms with Crippen LogP contribution in [0.15, 0.2) is 30.6 Å². The molecule has 0 saturated heterocycles. The Labute approximate surface area is 118 Å². The smallest absolute Gasteiger partial charge is 0.304 e. The van der Waals surface area contributed by atoms with Crippen molar-refractivity contribution in [3.63, 3.8) is 0 Å². The van der Waals surface area contributed by atoms with E-state index in [1.54, 1.807) is 0 Å². The molecule has 0 atom stereocenters. The monoisotopic (exact) mass is 275 g/mol. The van der Waals surface area contributed by atoms with Gasteiger partial charge < -0.3 is 9.51 Å². The van der Waals surface area contributed by atoms with E-state index in [1.165, 1.54) is 0 Å². The topological polar surface area (TPSA) is 57.8 Å². The fourth-order valence-electron chi connectivity index (χ4n) is 2.14. The zero-order valence-electron chi connectivity index (χ0n) is 12.2. The van der Waals surface area contributed by atoms with Gasteiger partial charge in [0.25, 0.3) is 0 Å². The molecule has 2 heterocycles. The van der Waals surface area contributed by atoms with Crippen LogP contribution in [0, 0.1) is 0 Å². The van der Waals surface area contributed by atoms with Gasteiger partial charge in [0.2, 0.25) is 0 Å². The van der Waals surface area contributed by atoms with Crippen molar-refractivity contribution in [2.75, 3.05) is 6.54 Å². The number of hydrogen-bond acceptors (Lipinski definition) is 3. The summed E-state index contributed by atoms with van der Waals surface area (Å²) in [7, 11) is 0. The Kier molecular flexibility index (Phi) is 4.09. The van der Waals surface area contributed by atoms with E-state index in [9.17, 15) is 4.79 Å². The lowest BCUT2D eigenvalue weighted by atomic mass is 10.1. The fourth-order valence-corrected chi connectivity index (χ4v) is 2.14. The number of pyridine rings is 1. The molecule has 1 N–H and O–H groups in total. The van der Waals surface area contributed by atoms with Crippen LogP contribution in [-0.2, 0) is 11.3 Å². The van der Waals surface area contributed by atoms with Gasteiger partial charge in [-0.1, -0.05) is 6.07 Å². The molecular formula is C15H21N3O2. The number of carboxylic acid groups (broad SMARTS) is 1. The lowest BCUT2D eigenvalue weighted by molar-refractivity contribution is -0.137. The van der Waals surface area contributed by atoms with Gasteiger partial charge in [0, 0.05) is 31.0 Å². The van der Waals surface area contributed by atoms with Crippen molar-refractivity contribution in [2.24, 2.45) is 0 Å². The highest BCUT2D eigenvalue weighted by atomic mass is 16.4. The zero-order chi connectivity index (χ0) is 14.8. The summed E-state index contributed by atoms with van der Waals surface area (Å²) in [5.74, 6) is -0.769. The molecule has 0 unspecified atom stereocenters. The van der Waals surface area contributed by atoms with Crippen molar-refractivity contribution in [2.45, 2.75) is 39.3 Å². The lowest BCUT2D eigenvalue weighted by Gasteiger charge is -2.34. The van der Waals surface area contributed by atoms with Crippen LogP contribution in [0.5, 0.6) is 0 Å². The molecule has 2 rings (SSSR count). The van der Waals surface area contributed by atoms with E-state index in [0.29, 0.717) is 13.1 Å². The maximum absolute atomic E-state index is 10.8. The molecule has 0 aromatic carbocycles. The van der Waals surface area contributed by atoms with E-state index in [2.05, 4.69) is 30.7 Å². The molecule has 20 heavy (non-hydrogen) atoms. The number of nitrogens with zero attached hydrogens (tertiary/aromatic N) is 3. The van der Waals surface area contributed by atoms with E-state index in [0.717, 1.165) is 11.3 Å². The van der Waals surface area contributed by atoms with Crippen molar-refractivity contribution < 1.29 is 9.90 Å². The van der Waals surface area contributed by atoms with Gasteiger partial charge in [-0.15, -0.1) is 0 Å². The van der Waals surface area contributed by atoms with Gasteiger partial charge in [-0.2, -0.15) is 0 Å². The highest BCUT2D eigenvalue weighted by Crippen LogP contribution is 2.17. The van der Waals surface area contributed by atoms with Gasteiger partial charge in [-0.05, 0) is 32.9 Å². The van der Waals surface area contributed by atoms with Gasteiger partial charge in [-0.25, -0.2) is 4.98 Å². The van der Waals surface area contributed by atoms with Crippen LogP contribution in [0.4, 0.5) is 0 Å². The second-order valence-electron chi connectivity index (χ2n) is 5.93. The Morgan fingerprint density at radius 3 is 2.75 bits per heavy atom. The molecule has 2 aromatic rings. The third-order valence-corrected chi connectivity index (χ3v) is 3.31. The highest BCUT2D eigenvalue weighted by Gasteiger charge is 2.22. The predicted molar refractivity (Wildman–Crippen MR) is 77.6 cm³/mol. The van der Waals surface area contributed by atoms with Crippen molar-refractivity contribution in [3.05, 3.63) is 36.3 Å². The third kappa shape index (κ3) is 3.57. The zero-order valence-corrected chi connectivity index (χ0v) is 12.2. The van der Waals surface area contributed by atoms with Crippen LogP contribution in [0.2, 0.25) is 0 Å². The lowest BCUT2D eigenvalue weighted by Crippen LogP contribution is -2.42. The van der Waals surface area contributed by atoms with Crippen LogP contribution in [0.3, 0.4) is 0 Å². The first-order valence-electron chi connectivity index (χ1n) is 6.76. The summed E-state index contributed by atoms with van der Waals surface area (Å²) in [6, 6.07) is 5.88. The second kappa shape index (κ2) is 5.63. The van der Waals surface area contributed by atoms with Crippen LogP contribution >= 0.6 is 0 Å². The largest absolute Gasteiger partial charge is 0.481 e. The standard InChI is InChI=1S/C15H21N3O2/c1-15(2,3)18(9-7-14(19)20)11-12-10-17-8-5-4-6-13(17)16-12/h4-6,8,10H,7,9,11H2,1-3H3,(H,19,20). The molecule has 0 aliphatic heterocycles. The molecule has 0 fully saturated rings. The molecule has 0 saturated carbocycles. The minimum atomic E-state index is -0.769. The molecule has 0 radical (unpaired) electrons. The number of carbonyl (C=O) groups is 1. The average molecular weight is 275 g/mol. The van der Waals surface area contributed by atoms with Gasteiger partial charge >= 0.3 is 5.97 Å². The van der Waals surface area contributed by atoms with Gasteiger partial charge in [0.1, 0.15) is 5.65 Å². The summed E-state index contributed by atoms with van der Waals surface area (Å²) in [6.07, 6.45) is 4.10. The maximum Gasteiger partial charge on any atom is 0.304 e. The number of rotatable bonds is 5. The van der Waals surface area contributed by atoms with E-state index >= 15 is 0 Å². The van der Waals surface area contributed by atoms with Crippen LogP contribution in [-0.4, -0.2) is 37.4 Å². The van der Waals surface area contributed by atoms with Crippen LogP contribution in [0.1, 0.15) is 32.9 Å². The molecule has 2 aromatic heterocycles. The van der Waals surface area contributed by atoms with E-state index < -0.39 is 5.97 Å².